The molecule has 3 nitrogen and oxygen atoms in total. The number of fused-ring (bicyclic) bond motifs is 1. The predicted molar refractivity (Wildman–Crippen MR) is 102 cm³/mol. The van der Waals surface area contributed by atoms with Crippen molar-refractivity contribution in [1.82, 2.24) is 0 Å². The van der Waals surface area contributed by atoms with Crippen LogP contribution in [0, 0.1) is 0 Å². The first-order valence-corrected chi connectivity index (χ1v) is 9.45. The Morgan fingerprint density at radius 1 is 0.966 bits per heavy atom. The largest absolute Gasteiger partial charge is 0.453 e. The van der Waals surface area contributed by atoms with Gasteiger partial charge in [-0.2, -0.15) is 17.6 Å². The van der Waals surface area contributed by atoms with Gasteiger partial charge in [-0.3, -0.25) is 4.79 Å². The van der Waals surface area contributed by atoms with E-state index >= 15 is 0 Å². The highest BCUT2D eigenvalue weighted by Gasteiger charge is 2.56. The van der Waals surface area contributed by atoms with Gasteiger partial charge in [0.15, 0.2) is 0 Å². The molecule has 1 aliphatic heterocycles. The minimum atomic E-state index is -5.45. The molecule has 2 aromatic rings. The van der Waals surface area contributed by atoms with Gasteiger partial charge in [0.2, 0.25) is 5.91 Å². The molecule has 0 radical (unpaired) electrons. The summed E-state index contributed by atoms with van der Waals surface area (Å²) in [6.07, 6.45) is -3.74. The fourth-order valence-corrected chi connectivity index (χ4v) is 3.65. The molecule has 0 bridgehead atoms. The van der Waals surface area contributed by atoms with Crippen LogP contribution in [0.2, 0.25) is 0 Å². The number of hydrogen-bond donors (Lipinski definition) is 1. The fraction of sp³-hybridized carbons (Fsp3) is 0.409. The van der Waals surface area contributed by atoms with Crippen LogP contribution in [-0.2, 0) is 22.5 Å². The first-order chi connectivity index (χ1) is 13.5. The van der Waals surface area contributed by atoms with Gasteiger partial charge in [0, 0.05) is 17.8 Å². The van der Waals surface area contributed by atoms with Crippen LogP contribution in [-0.4, -0.2) is 23.7 Å². The quantitative estimate of drug-likeness (QED) is 0.724. The topological polar surface area (TPSA) is 40.5 Å². The van der Waals surface area contributed by atoms with E-state index in [0.717, 1.165) is 17.7 Å². The molecule has 0 aromatic heterocycles. The van der Waals surface area contributed by atoms with E-state index in [1.54, 1.807) is 18.7 Å². The number of anilines is 1. The first-order valence-electron chi connectivity index (χ1n) is 9.45. The molecule has 7 heteroatoms. The van der Waals surface area contributed by atoms with Crippen LogP contribution in [0.15, 0.2) is 48.5 Å². The van der Waals surface area contributed by atoms with E-state index in [9.17, 15) is 27.5 Å². The minimum Gasteiger partial charge on any atom is -0.351 e. The highest BCUT2D eigenvalue weighted by Crippen LogP contribution is 2.42. The molecule has 1 heterocycles. The maximum Gasteiger partial charge on any atom is 0.453 e. The lowest BCUT2D eigenvalue weighted by Crippen LogP contribution is -2.44. The summed E-state index contributed by atoms with van der Waals surface area (Å²) in [5.74, 6) is -4.63. The Kier molecular flexibility index (Phi) is 5.47. The van der Waals surface area contributed by atoms with Gasteiger partial charge in [-0.15, -0.1) is 0 Å². The Morgan fingerprint density at radius 2 is 1.62 bits per heavy atom. The van der Waals surface area contributed by atoms with Gasteiger partial charge in [-0.25, -0.2) is 0 Å². The number of alkyl halides is 4. The molecule has 3 rings (SSSR count). The van der Waals surface area contributed by atoms with E-state index in [2.05, 4.69) is 0 Å². The Hall–Kier alpha value is -2.41. The highest BCUT2D eigenvalue weighted by atomic mass is 19.4. The third-order valence-corrected chi connectivity index (χ3v) is 5.48. The standard InChI is InChI=1S/C22H23F4NO2/c1-20(2,16-9-4-3-5-10-16)19(28)27-13-7-6-8-15-14-17(11-12-18(15)27)21(23,29)22(24,25)26/h3-5,9-12,14,29H,6-8,13H2,1-2H3. The molecule has 0 spiro atoms. The second-order valence-corrected chi connectivity index (χ2v) is 7.87. The molecular weight excluding hydrogens is 386 g/mol. The molecule has 1 atom stereocenters. The number of halogens is 4. The zero-order chi connectivity index (χ0) is 21.4. The lowest BCUT2D eigenvalue weighted by atomic mass is 9.83. The van der Waals surface area contributed by atoms with Gasteiger partial charge in [0.05, 0.1) is 5.41 Å². The van der Waals surface area contributed by atoms with Gasteiger partial charge in [0.1, 0.15) is 0 Å². The van der Waals surface area contributed by atoms with Crippen LogP contribution in [0.3, 0.4) is 0 Å². The van der Waals surface area contributed by atoms with E-state index in [0.29, 0.717) is 37.1 Å². The number of aryl methyl sites for hydroxylation is 1. The molecule has 2 aromatic carbocycles. The molecule has 1 N–H and O–H groups in total. The monoisotopic (exact) mass is 409 g/mol. The van der Waals surface area contributed by atoms with Gasteiger partial charge >= 0.3 is 12.0 Å². The average molecular weight is 409 g/mol. The summed E-state index contributed by atoms with van der Waals surface area (Å²) in [5.41, 5.74) is -0.0345. The molecule has 0 fully saturated rings. The van der Waals surface area contributed by atoms with Gasteiger partial charge in [-0.1, -0.05) is 36.4 Å². The lowest BCUT2D eigenvalue weighted by Gasteiger charge is -2.33. The van der Waals surface area contributed by atoms with Gasteiger partial charge < -0.3 is 10.0 Å². The molecule has 1 unspecified atom stereocenters. The second kappa shape index (κ2) is 7.44. The van der Waals surface area contributed by atoms with E-state index in [1.165, 1.54) is 6.07 Å². The molecule has 0 saturated carbocycles. The van der Waals surface area contributed by atoms with E-state index in [4.69, 9.17) is 0 Å². The van der Waals surface area contributed by atoms with Crippen molar-refractivity contribution >= 4 is 11.6 Å². The van der Waals surface area contributed by atoms with Crippen molar-refractivity contribution < 1.29 is 27.5 Å². The summed E-state index contributed by atoms with van der Waals surface area (Å²) in [5, 5.41) is 9.38. The third kappa shape index (κ3) is 3.88. The third-order valence-electron chi connectivity index (χ3n) is 5.48. The van der Waals surface area contributed by atoms with Crippen molar-refractivity contribution in [2.75, 3.05) is 11.4 Å². The summed E-state index contributed by atoms with van der Waals surface area (Å²) in [4.78, 5) is 15.0. The summed E-state index contributed by atoms with van der Waals surface area (Å²) in [6.45, 7) is 4.02. The minimum absolute atomic E-state index is 0.189. The Balaban J connectivity index is 2.01. The van der Waals surface area contributed by atoms with Crippen LogP contribution in [0.5, 0.6) is 0 Å². The van der Waals surface area contributed by atoms with Gasteiger partial charge in [-0.05, 0) is 56.4 Å². The summed E-state index contributed by atoms with van der Waals surface area (Å²) in [7, 11) is 0. The predicted octanol–water partition coefficient (Wildman–Crippen LogP) is 5.01. The molecule has 1 aliphatic rings. The van der Waals surface area contributed by atoms with Crippen LogP contribution in [0.4, 0.5) is 23.2 Å². The number of benzene rings is 2. The number of rotatable bonds is 3. The van der Waals surface area contributed by atoms with Crippen molar-refractivity contribution in [2.24, 2.45) is 0 Å². The Morgan fingerprint density at radius 3 is 2.24 bits per heavy atom. The number of carbonyl (C=O) groups excluding carboxylic acids is 1. The summed E-state index contributed by atoms with van der Waals surface area (Å²) in [6, 6.07) is 12.4. The van der Waals surface area contributed by atoms with Crippen molar-refractivity contribution in [3.8, 4) is 0 Å². The summed E-state index contributed by atoms with van der Waals surface area (Å²) < 4.78 is 52.7. The smallest absolute Gasteiger partial charge is 0.351 e. The zero-order valence-electron chi connectivity index (χ0n) is 16.3. The van der Waals surface area contributed by atoms with Crippen molar-refractivity contribution in [3.05, 3.63) is 65.2 Å². The molecule has 1 amide bonds. The van der Waals surface area contributed by atoms with Crippen LogP contribution in [0.1, 0.15) is 43.4 Å². The van der Waals surface area contributed by atoms with Gasteiger partial charge in [0.25, 0.3) is 0 Å². The Labute approximate surface area is 167 Å². The number of nitrogens with zero attached hydrogens (tertiary/aromatic N) is 1. The maximum absolute atomic E-state index is 14.0. The number of carbonyl (C=O) groups is 1. The molecular formula is C22H23F4NO2. The molecule has 156 valence electrons. The second-order valence-electron chi connectivity index (χ2n) is 7.87. The average Bonchev–Trinajstić information content (AvgIpc) is 2.89. The summed E-state index contributed by atoms with van der Waals surface area (Å²) >= 11 is 0. The van der Waals surface area contributed by atoms with Crippen LogP contribution in [0.25, 0.3) is 0 Å². The molecule has 0 saturated heterocycles. The number of amides is 1. The maximum atomic E-state index is 14.0. The van der Waals surface area contributed by atoms with Crippen LogP contribution < -0.4 is 4.90 Å². The van der Waals surface area contributed by atoms with E-state index in [-0.39, 0.29) is 5.91 Å². The van der Waals surface area contributed by atoms with Crippen LogP contribution >= 0.6 is 0 Å². The first kappa shape index (κ1) is 21.3. The van der Waals surface area contributed by atoms with Crippen molar-refractivity contribution in [2.45, 2.75) is 50.6 Å². The molecule has 0 aliphatic carbocycles. The van der Waals surface area contributed by atoms with Crippen molar-refractivity contribution in [1.29, 1.82) is 0 Å². The normalized spacial score (nSPS) is 17.3. The number of aliphatic hydroxyl groups is 1. The van der Waals surface area contributed by atoms with E-state index < -0.39 is 23.0 Å². The number of hydrogen-bond acceptors (Lipinski definition) is 2. The van der Waals surface area contributed by atoms with E-state index in [1.807, 2.05) is 30.3 Å². The Bertz CT molecular complexity index is 891. The lowest BCUT2D eigenvalue weighted by molar-refractivity contribution is -0.323. The van der Waals surface area contributed by atoms with Crippen molar-refractivity contribution in [3.63, 3.8) is 0 Å². The zero-order valence-corrected chi connectivity index (χ0v) is 16.3. The fourth-order valence-electron chi connectivity index (χ4n) is 3.65. The SMILES string of the molecule is CC(C)(C(=O)N1CCCCc2cc(C(O)(F)C(F)(F)F)ccc21)c1ccccc1. The molecule has 29 heavy (non-hydrogen) atoms. The highest BCUT2D eigenvalue weighted by molar-refractivity contribution is 6.01.